The van der Waals surface area contributed by atoms with E-state index in [1.807, 2.05) is 0 Å². The van der Waals surface area contributed by atoms with Crippen molar-refractivity contribution in [2.24, 2.45) is 0 Å². The van der Waals surface area contributed by atoms with Crippen LogP contribution in [-0.4, -0.2) is 36.3 Å². The summed E-state index contributed by atoms with van der Waals surface area (Å²) in [4.78, 5) is -1.15. The van der Waals surface area contributed by atoms with Gasteiger partial charge in [-0.25, -0.2) is 8.42 Å². The van der Waals surface area contributed by atoms with Gasteiger partial charge in [0.25, 0.3) is 10.1 Å². The van der Waals surface area contributed by atoms with E-state index in [1.54, 1.807) is 0 Å². The van der Waals surface area contributed by atoms with Gasteiger partial charge in [0.2, 0.25) is 5.58 Å². The first-order valence-corrected chi connectivity index (χ1v) is 8.15. The Morgan fingerprint density at radius 1 is 1.14 bits per heavy atom. The Hall–Kier alpha value is -2.08. The Balaban J connectivity index is 2.52. The minimum atomic E-state index is -4.87. The van der Waals surface area contributed by atoms with Gasteiger partial charge in [0, 0.05) is 10.7 Å². The number of benzene rings is 2. The predicted octanol–water partition coefficient (Wildman–Crippen LogP) is 0.527. The molecule has 0 atom stereocenters. The highest BCUT2D eigenvalue weighted by Crippen LogP contribution is 2.31. The summed E-state index contributed by atoms with van der Waals surface area (Å²) in [5.74, 6) is 0. The molecule has 110 valence electrons. The van der Waals surface area contributed by atoms with E-state index >= 15 is 0 Å². The lowest BCUT2D eigenvalue weighted by atomic mass is 10.1. The molecule has 0 radical (unpaired) electrons. The first kappa shape index (κ1) is 13.9. The summed E-state index contributed by atoms with van der Waals surface area (Å²) in [5, 5.41) is 7.19. The van der Waals surface area contributed by atoms with E-state index in [9.17, 15) is 21.4 Å². The summed E-state index contributed by atoms with van der Waals surface area (Å²) >= 11 is 0. The summed E-state index contributed by atoms with van der Waals surface area (Å²) in [6, 6.07) is 4.37. The molecular formula is C10H5N2O7S2-. The van der Waals surface area contributed by atoms with Crippen LogP contribution >= 0.6 is 0 Å². The Morgan fingerprint density at radius 3 is 2.48 bits per heavy atom. The van der Waals surface area contributed by atoms with Gasteiger partial charge in [0.05, 0.1) is 4.90 Å². The van der Waals surface area contributed by atoms with Crippen LogP contribution in [0.2, 0.25) is 0 Å². The van der Waals surface area contributed by atoms with Crippen LogP contribution in [0, 0.1) is 0 Å². The second-order valence-corrected chi connectivity index (χ2v) is 6.91. The van der Waals surface area contributed by atoms with Crippen molar-refractivity contribution in [3.8, 4) is 0 Å². The third-order valence-electron chi connectivity index (χ3n) is 2.84. The van der Waals surface area contributed by atoms with Gasteiger partial charge in [-0.3, -0.25) is 4.55 Å². The van der Waals surface area contributed by atoms with E-state index < -0.39 is 30.0 Å². The lowest BCUT2D eigenvalue weighted by Crippen LogP contribution is -2.01. The highest BCUT2D eigenvalue weighted by molar-refractivity contribution is 7.86. The van der Waals surface area contributed by atoms with E-state index in [0.29, 0.717) is 5.39 Å². The fourth-order valence-corrected chi connectivity index (χ4v) is 3.11. The fourth-order valence-electron chi connectivity index (χ4n) is 1.96. The number of rotatable bonds is 2. The van der Waals surface area contributed by atoms with E-state index in [2.05, 4.69) is 14.9 Å². The molecule has 0 fully saturated rings. The van der Waals surface area contributed by atoms with Gasteiger partial charge in [-0.2, -0.15) is 8.42 Å². The molecule has 3 aromatic rings. The van der Waals surface area contributed by atoms with Crippen LogP contribution in [0.5, 0.6) is 0 Å². The van der Waals surface area contributed by atoms with Gasteiger partial charge in [0.1, 0.15) is 20.5 Å². The van der Waals surface area contributed by atoms with Crippen molar-refractivity contribution in [3.63, 3.8) is 0 Å². The molecule has 0 aliphatic heterocycles. The van der Waals surface area contributed by atoms with Crippen LogP contribution in [0.15, 0.2) is 38.6 Å². The van der Waals surface area contributed by atoms with E-state index in [1.165, 1.54) is 6.07 Å². The molecule has 1 heterocycles. The van der Waals surface area contributed by atoms with Crippen molar-refractivity contribution in [3.05, 3.63) is 24.3 Å². The Bertz CT molecular complexity index is 1080. The molecule has 2 aromatic carbocycles. The molecule has 3 rings (SSSR count). The molecule has 0 aliphatic rings. The number of nitrogens with zero attached hydrogens (tertiary/aromatic N) is 2. The van der Waals surface area contributed by atoms with Crippen LogP contribution in [0.25, 0.3) is 21.9 Å². The van der Waals surface area contributed by atoms with Gasteiger partial charge in [-0.05, 0) is 23.6 Å². The molecular weight excluding hydrogens is 324 g/mol. The quantitative estimate of drug-likeness (QED) is 0.663. The average molecular weight is 329 g/mol. The SMILES string of the molecule is O=S(=O)([O-])c1cc2cc(S(=O)(=O)O)ccc2c2nnoc12. The zero-order chi connectivity index (χ0) is 15.4. The minimum absolute atomic E-state index is 0.00353. The zero-order valence-electron chi connectivity index (χ0n) is 9.92. The first-order valence-electron chi connectivity index (χ1n) is 5.30. The Morgan fingerprint density at radius 2 is 1.86 bits per heavy atom. The van der Waals surface area contributed by atoms with Crippen LogP contribution in [-0.2, 0) is 20.2 Å². The predicted molar refractivity (Wildman–Crippen MR) is 67.1 cm³/mol. The minimum Gasteiger partial charge on any atom is -0.744 e. The molecule has 21 heavy (non-hydrogen) atoms. The summed E-state index contributed by atoms with van der Waals surface area (Å²) in [6.07, 6.45) is 0. The first-order chi connectivity index (χ1) is 9.68. The lowest BCUT2D eigenvalue weighted by molar-refractivity contribution is 0.415. The molecule has 0 saturated heterocycles. The maximum atomic E-state index is 11.2. The van der Waals surface area contributed by atoms with E-state index in [4.69, 9.17) is 4.55 Å². The highest BCUT2D eigenvalue weighted by Gasteiger charge is 2.18. The summed E-state index contributed by atoms with van der Waals surface area (Å²) < 4.78 is 69.6. The van der Waals surface area contributed by atoms with Crippen LogP contribution in [0.3, 0.4) is 0 Å². The standard InChI is InChI=1S/C10H6N2O7S2/c13-20(14,15)6-1-2-7-5(3-6)4-8(21(16,17)18)10-9(7)11-12-19-10/h1-4H,(H,13,14,15)(H,16,17,18)/p-1. The molecule has 0 amide bonds. The Kier molecular flexibility index (Phi) is 2.78. The molecule has 0 spiro atoms. The molecule has 1 N–H and O–H groups in total. The third-order valence-corrected chi connectivity index (χ3v) is 4.54. The molecule has 1 aromatic heterocycles. The van der Waals surface area contributed by atoms with Crippen molar-refractivity contribution in [2.45, 2.75) is 9.79 Å². The molecule has 0 saturated carbocycles. The van der Waals surface area contributed by atoms with Gasteiger partial charge in [-0.1, -0.05) is 6.07 Å². The zero-order valence-corrected chi connectivity index (χ0v) is 11.6. The van der Waals surface area contributed by atoms with Crippen molar-refractivity contribution >= 4 is 42.1 Å². The molecule has 9 nitrogen and oxygen atoms in total. The van der Waals surface area contributed by atoms with E-state index in [0.717, 1.165) is 18.2 Å². The maximum Gasteiger partial charge on any atom is 0.294 e. The van der Waals surface area contributed by atoms with Gasteiger partial charge >= 0.3 is 0 Å². The number of hydrogen-bond donors (Lipinski definition) is 1. The average Bonchev–Trinajstić information content (AvgIpc) is 2.83. The second kappa shape index (κ2) is 4.21. The number of fused-ring (bicyclic) bond motifs is 3. The van der Waals surface area contributed by atoms with Crippen molar-refractivity contribution in [1.29, 1.82) is 0 Å². The van der Waals surface area contributed by atoms with Crippen LogP contribution in [0.4, 0.5) is 0 Å². The maximum absolute atomic E-state index is 11.2. The molecule has 0 aliphatic carbocycles. The normalized spacial score (nSPS) is 13.0. The number of aromatic nitrogens is 2. The molecule has 11 heteroatoms. The third kappa shape index (κ3) is 2.25. The van der Waals surface area contributed by atoms with Crippen LogP contribution < -0.4 is 0 Å². The lowest BCUT2D eigenvalue weighted by Gasteiger charge is -2.08. The molecule has 0 bridgehead atoms. The smallest absolute Gasteiger partial charge is 0.294 e. The van der Waals surface area contributed by atoms with Gasteiger partial charge in [-0.15, -0.1) is 5.10 Å². The van der Waals surface area contributed by atoms with Gasteiger partial charge < -0.3 is 9.08 Å². The van der Waals surface area contributed by atoms with E-state index in [-0.39, 0.29) is 16.5 Å². The highest BCUT2D eigenvalue weighted by atomic mass is 32.2. The van der Waals surface area contributed by atoms with Crippen LogP contribution in [0.1, 0.15) is 0 Å². The fraction of sp³-hybridized carbons (Fsp3) is 0. The summed E-state index contributed by atoms with van der Waals surface area (Å²) in [5.41, 5.74) is -0.305. The number of hydrogen-bond acceptors (Lipinski definition) is 8. The van der Waals surface area contributed by atoms with Crippen molar-refractivity contribution in [1.82, 2.24) is 10.4 Å². The summed E-state index contributed by atoms with van der Waals surface area (Å²) in [6.45, 7) is 0. The van der Waals surface area contributed by atoms with Gasteiger partial charge in [0.15, 0.2) is 0 Å². The second-order valence-electron chi connectivity index (χ2n) is 4.14. The monoisotopic (exact) mass is 329 g/mol. The van der Waals surface area contributed by atoms with Crippen molar-refractivity contribution in [2.75, 3.05) is 0 Å². The Labute approximate surface area is 117 Å². The summed E-state index contributed by atoms with van der Waals surface area (Å²) in [7, 11) is -9.34. The largest absolute Gasteiger partial charge is 0.744 e. The molecule has 0 unspecified atom stereocenters. The van der Waals surface area contributed by atoms with Crippen molar-refractivity contribution < 1.29 is 30.5 Å². The topological polar surface area (TPSA) is 150 Å².